The third kappa shape index (κ3) is 2.14. The molecule has 1 fully saturated rings. The SMILES string of the molecule is N#Cc1cc(Br)ccc1N1CCC(O)C1. The Morgan fingerprint density at radius 3 is 2.93 bits per heavy atom. The summed E-state index contributed by atoms with van der Waals surface area (Å²) in [6.07, 6.45) is 0.515. The van der Waals surface area contributed by atoms with Gasteiger partial charge in [-0.2, -0.15) is 5.26 Å². The zero-order valence-electron chi connectivity index (χ0n) is 8.15. The first-order chi connectivity index (χ1) is 7.20. The summed E-state index contributed by atoms with van der Waals surface area (Å²) in [4.78, 5) is 2.05. The molecule has 0 spiro atoms. The first-order valence-electron chi connectivity index (χ1n) is 4.83. The van der Waals surface area contributed by atoms with Crippen LogP contribution in [0.1, 0.15) is 12.0 Å². The number of β-amino-alcohol motifs (C(OH)–C–C–N with tert-alkyl or cyclic N) is 1. The molecule has 1 aliphatic heterocycles. The van der Waals surface area contributed by atoms with Crippen molar-refractivity contribution in [3.05, 3.63) is 28.2 Å². The Morgan fingerprint density at radius 1 is 1.53 bits per heavy atom. The highest BCUT2D eigenvalue weighted by atomic mass is 79.9. The molecule has 0 saturated carbocycles. The van der Waals surface area contributed by atoms with E-state index in [1.54, 1.807) is 6.07 Å². The molecule has 0 bridgehead atoms. The quantitative estimate of drug-likeness (QED) is 0.845. The molecular weight excluding hydrogens is 256 g/mol. The third-order valence-electron chi connectivity index (χ3n) is 2.58. The van der Waals surface area contributed by atoms with Gasteiger partial charge < -0.3 is 10.0 Å². The molecule has 1 heterocycles. The molecule has 1 saturated heterocycles. The van der Waals surface area contributed by atoms with E-state index in [4.69, 9.17) is 5.26 Å². The van der Waals surface area contributed by atoms with Gasteiger partial charge in [-0.25, -0.2) is 0 Å². The lowest BCUT2D eigenvalue weighted by atomic mass is 10.2. The molecule has 0 aromatic heterocycles. The average molecular weight is 267 g/mol. The first-order valence-corrected chi connectivity index (χ1v) is 5.62. The van der Waals surface area contributed by atoms with Crippen LogP contribution in [-0.4, -0.2) is 24.3 Å². The Hall–Kier alpha value is -1.05. The maximum absolute atomic E-state index is 9.45. The van der Waals surface area contributed by atoms with Crippen molar-refractivity contribution in [3.8, 4) is 6.07 Å². The lowest BCUT2D eigenvalue weighted by Crippen LogP contribution is -2.21. The van der Waals surface area contributed by atoms with Crippen molar-refractivity contribution in [1.29, 1.82) is 5.26 Å². The van der Waals surface area contributed by atoms with Gasteiger partial charge in [-0.1, -0.05) is 15.9 Å². The maximum Gasteiger partial charge on any atom is 0.101 e. The Bertz CT molecular complexity index is 414. The number of benzene rings is 1. The minimum Gasteiger partial charge on any atom is -0.391 e. The standard InChI is InChI=1S/C11H11BrN2O/c12-9-1-2-11(8(5-9)6-13)14-4-3-10(15)7-14/h1-2,5,10,15H,3-4,7H2. The zero-order valence-corrected chi connectivity index (χ0v) is 9.74. The van der Waals surface area contributed by atoms with E-state index in [0.29, 0.717) is 12.1 Å². The van der Waals surface area contributed by atoms with Gasteiger partial charge in [-0.05, 0) is 24.6 Å². The second-order valence-electron chi connectivity index (χ2n) is 3.66. The molecule has 1 unspecified atom stereocenters. The van der Waals surface area contributed by atoms with Crippen LogP contribution in [0.5, 0.6) is 0 Å². The molecule has 15 heavy (non-hydrogen) atoms. The van der Waals surface area contributed by atoms with Crippen LogP contribution < -0.4 is 4.90 Å². The van der Waals surface area contributed by atoms with Crippen LogP contribution in [0.4, 0.5) is 5.69 Å². The summed E-state index contributed by atoms with van der Waals surface area (Å²) in [6, 6.07) is 7.82. The van der Waals surface area contributed by atoms with Crippen LogP contribution >= 0.6 is 15.9 Å². The van der Waals surface area contributed by atoms with Gasteiger partial charge in [-0.3, -0.25) is 0 Å². The first kappa shape index (κ1) is 10.5. The van der Waals surface area contributed by atoms with Gasteiger partial charge >= 0.3 is 0 Å². The lowest BCUT2D eigenvalue weighted by Gasteiger charge is -2.19. The topological polar surface area (TPSA) is 47.3 Å². The minimum atomic E-state index is -0.264. The highest BCUT2D eigenvalue weighted by molar-refractivity contribution is 9.10. The van der Waals surface area contributed by atoms with E-state index in [9.17, 15) is 5.11 Å². The fraction of sp³-hybridized carbons (Fsp3) is 0.364. The second kappa shape index (κ2) is 4.21. The number of hydrogen-bond acceptors (Lipinski definition) is 3. The molecule has 1 N–H and O–H groups in total. The summed E-state index contributed by atoms with van der Waals surface area (Å²) in [5.41, 5.74) is 1.57. The van der Waals surface area contributed by atoms with Crippen LogP contribution in [0, 0.1) is 11.3 Å². The van der Waals surface area contributed by atoms with Gasteiger partial charge in [0.1, 0.15) is 6.07 Å². The Balaban J connectivity index is 2.32. The largest absolute Gasteiger partial charge is 0.391 e. The number of anilines is 1. The highest BCUT2D eigenvalue weighted by Crippen LogP contribution is 2.26. The molecule has 0 aliphatic carbocycles. The number of nitriles is 1. The van der Waals surface area contributed by atoms with Crippen LogP contribution in [-0.2, 0) is 0 Å². The minimum absolute atomic E-state index is 0.264. The van der Waals surface area contributed by atoms with Crippen LogP contribution in [0.3, 0.4) is 0 Å². The summed E-state index contributed by atoms with van der Waals surface area (Å²) >= 11 is 3.34. The average Bonchev–Trinajstić information content (AvgIpc) is 2.64. The third-order valence-corrected chi connectivity index (χ3v) is 3.08. The smallest absolute Gasteiger partial charge is 0.101 e. The predicted molar refractivity (Wildman–Crippen MR) is 61.7 cm³/mol. The summed E-state index contributed by atoms with van der Waals surface area (Å²) in [6.45, 7) is 1.44. The molecule has 1 atom stereocenters. The number of nitrogens with zero attached hydrogens (tertiary/aromatic N) is 2. The zero-order chi connectivity index (χ0) is 10.8. The van der Waals surface area contributed by atoms with E-state index >= 15 is 0 Å². The van der Waals surface area contributed by atoms with E-state index in [1.807, 2.05) is 12.1 Å². The number of aliphatic hydroxyl groups excluding tert-OH is 1. The van der Waals surface area contributed by atoms with Gasteiger partial charge in [0.05, 0.1) is 17.4 Å². The number of hydrogen-bond donors (Lipinski definition) is 1. The van der Waals surface area contributed by atoms with Gasteiger partial charge in [0.15, 0.2) is 0 Å². The Kier molecular flexibility index (Phi) is 2.94. The molecule has 78 valence electrons. The molecule has 4 heteroatoms. The van der Waals surface area contributed by atoms with Crippen molar-refractivity contribution < 1.29 is 5.11 Å². The fourth-order valence-electron chi connectivity index (χ4n) is 1.83. The molecule has 1 aromatic rings. The summed E-state index contributed by atoms with van der Waals surface area (Å²) in [5.74, 6) is 0. The van der Waals surface area contributed by atoms with E-state index in [1.165, 1.54) is 0 Å². The summed E-state index contributed by atoms with van der Waals surface area (Å²) in [7, 11) is 0. The van der Waals surface area contributed by atoms with Crippen LogP contribution in [0.25, 0.3) is 0 Å². The molecule has 2 rings (SSSR count). The number of rotatable bonds is 1. The van der Waals surface area contributed by atoms with Crippen molar-refractivity contribution >= 4 is 21.6 Å². The van der Waals surface area contributed by atoms with Crippen LogP contribution in [0.15, 0.2) is 22.7 Å². The fourth-order valence-corrected chi connectivity index (χ4v) is 2.20. The van der Waals surface area contributed by atoms with Crippen molar-refractivity contribution in [3.63, 3.8) is 0 Å². The molecule has 0 amide bonds. The maximum atomic E-state index is 9.45. The van der Waals surface area contributed by atoms with Gasteiger partial charge in [0.2, 0.25) is 0 Å². The van der Waals surface area contributed by atoms with Gasteiger partial charge in [0.25, 0.3) is 0 Å². The van der Waals surface area contributed by atoms with Crippen molar-refractivity contribution in [1.82, 2.24) is 0 Å². The molecule has 3 nitrogen and oxygen atoms in total. The molecule has 1 aliphatic rings. The second-order valence-corrected chi connectivity index (χ2v) is 4.58. The van der Waals surface area contributed by atoms with E-state index in [0.717, 1.165) is 23.1 Å². The van der Waals surface area contributed by atoms with E-state index < -0.39 is 0 Å². The normalized spacial score (nSPS) is 20.3. The predicted octanol–water partition coefficient (Wildman–Crippen LogP) is 1.89. The number of aliphatic hydroxyl groups is 1. The van der Waals surface area contributed by atoms with Gasteiger partial charge in [0, 0.05) is 17.6 Å². The summed E-state index contributed by atoms with van der Waals surface area (Å²) < 4.78 is 0.905. The van der Waals surface area contributed by atoms with Crippen molar-refractivity contribution in [2.45, 2.75) is 12.5 Å². The Morgan fingerprint density at radius 2 is 2.33 bits per heavy atom. The highest BCUT2D eigenvalue weighted by Gasteiger charge is 2.22. The number of halogens is 1. The van der Waals surface area contributed by atoms with Crippen molar-refractivity contribution in [2.75, 3.05) is 18.0 Å². The molecular formula is C11H11BrN2O. The van der Waals surface area contributed by atoms with Crippen molar-refractivity contribution in [2.24, 2.45) is 0 Å². The van der Waals surface area contributed by atoms with Gasteiger partial charge in [-0.15, -0.1) is 0 Å². The van der Waals surface area contributed by atoms with E-state index in [-0.39, 0.29) is 6.10 Å². The molecule has 1 aromatic carbocycles. The lowest BCUT2D eigenvalue weighted by molar-refractivity contribution is 0.198. The summed E-state index contributed by atoms with van der Waals surface area (Å²) in [5, 5.41) is 18.5. The van der Waals surface area contributed by atoms with E-state index in [2.05, 4.69) is 26.9 Å². The monoisotopic (exact) mass is 266 g/mol. The molecule has 0 radical (unpaired) electrons. The van der Waals surface area contributed by atoms with Crippen LogP contribution in [0.2, 0.25) is 0 Å². The Labute approximate surface area is 97.1 Å².